The molecular weight excluding hydrogens is 278 g/mol. The molecule has 1 aromatic rings. The van der Waals surface area contributed by atoms with Gasteiger partial charge in [-0.25, -0.2) is 4.79 Å². The smallest absolute Gasteiger partial charge is 0.329 e. The summed E-state index contributed by atoms with van der Waals surface area (Å²) in [5, 5.41) is 12.0. The molecular formula is C11H12ClNO4S. The van der Waals surface area contributed by atoms with Gasteiger partial charge < -0.3 is 14.8 Å². The predicted octanol–water partition coefficient (Wildman–Crippen LogP) is 2.01. The van der Waals surface area contributed by atoms with Crippen LogP contribution in [0.3, 0.4) is 0 Å². The number of hydrogen-bond acceptors (Lipinski definition) is 4. The molecule has 1 amide bonds. The second kappa shape index (κ2) is 5.24. The number of halogens is 1. The third kappa shape index (κ3) is 2.64. The molecule has 2 rings (SSSR count). The van der Waals surface area contributed by atoms with Gasteiger partial charge in [-0.1, -0.05) is 0 Å². The molecule has 1 aliphatic rings. The Hall–Kier alpha value is -1.14. The average Bonchev–Trinajstić information content (AvgIpc) is 2.77. The zero-order chi connectivity index (χ0) is 13.2. The Morgan fingerprint density at radius 1 is 1.39 bits per heavy atom. The van der Waals surface area contributed by atoms with E-state index in [1.54, 1.807) is 11.8 Å². The van der Waals surface area contributed by atoms with Gasteiger partial charge in [-0.05, 0) is 48.1 Å². The van der Waals surface area contributed by atoms with Crippen molar-refractivity contribution in [3.8, 4) is 0 Å². The summed E-state index contributed by atoms with van der Waals surface area (Å²) >= 11 is 7.26. The molecule has 7 heteroatoms. The zero-order valence-corrected chi connectivity index (χ0v) is 11.0. The molecule has 0 spiro atoms. The standard InChI is InChI=1S/C11H12ClNO4S/c12-8-2-1-7(17-8)9(14)13-11(10(15)16)3-5-18-6-4-11/h1-2H,3-6H2,(H,13,14)(H,15,16). The molecule has 0 saturated carbocycles. The van der Waals surface area contributed by atoms with Crippen LogP contribution in [0.5, 0.6) is 0 Å². The van der Waals surface area contributed by atoms with E-state index in [0.717, 1.165) is 0 Å². The van der Waals surface area contributed by atoms with Crippen molar-refractivity contribution in [2.45, 2.75) is 18.4 Å². The predicted molar refractivity (Wildman–Crippen MR) is 68.1 cm³/mol. The molecule has 0 atom stereocenters. The lowest BCUT2D eigenvalue weighted by Gasteiger charge is -2.33. The third-order valence-corrected chi connectivity index (χ3v) is 4.09. The average molecular weight is 290 g/mol. The Bertz CT molecular complexity index is 467. The number of carboxylic acids is 1. The fourth-order valence-corrected chi connectivity index (χ4v) is 3.16. The van der Waals surface area contributed by atoms with Gasteiger partial charge in [0.25, 0.3) is 5.91 Å². The van der Waals surface area contributed by atoms with E-state index in [2.05, 4.69) is 5.32 Å². The van der Waals surface area contributed by atoms with E-state index in [0.29, 0.717) is 24.3 Å². The summed E-state index contributed by atoms with van der Waals surface area (Å²) in [6, 6.07) is 2.87. The Balaban J connectivity index is 2.14. The zero-order valence-electron chi connectivity index (χ0n) is 9.44. The summed E-state index contributed by atoms with van der Waals surface area (Å²) in [5.74, 6) is -0.0966. The lowest BCUT2D eigenvalue weighted by Crippen LogP contribution is -2.56. The minimum Gasteiger partial charge on any atom is -0.480 e. The van der Waals surface area contributed by atoms with E-state index < -0.39 is 17.4 Å². The number of rotatable bonds is 3. The number of carbonyl (C=O) groups is 2. The van der Waals surface area contributed by atoms with Gasteiger partial charge in [0.15, 0.2) is 11.0 Å². The maximum absolute atomic E-state index is 11.9. The highest BCUT2D eigenvalue weighted by molar-refractivity contribution is 7.99. The van der Waals surface area contributed by atoms with E-state index in [1.807, 2.05) is 0 Å². The quantitative estimate of drug-likeness (QED) is 0.890. The van der Waals surface area contributed by atoms with Gasteiger partial charge >= 0.3 is 5.97 Å². The molecule has 1 aliphatic heterocycles. The minimum atomic E-state index is -1.19. The molecule has 98 valence electrons. The fraction of sp³-hybridized carbons (Fsp3) is 0.455. The Morgan fingerprint density at radius 3 is 2.56 bits per heavy atom. The molecule has 1 saturated heterocycles. The van der Waals surface area contributed by atoms with Gasteiger partial charge in [0, 0.05) is 0 Å². The molecule has 0 aromatic carbocycles. The van der Waals surface area contributed by atoms with Crippen molar-refractivity contribution >= 4 is 35.2 Å². The number of thioether (sulfide) groups is 1. The van der Waals surface area contributed by atoms with E-state index >= 15 is 0 Å². The van der Waals surface area contributed by atoms with Crippen molar-refractivity contribution in [1.82, 2.24) is 5.32 Å². The molecule has 2 N–H and O–H groups in total. The molecule has 2 heterocycles. The highest BCUT2D eigenvalue weighted by Crippen LogP contribution is 2.28. The number of amides is 1. The van der Waals surface area contributed by atoms with Gasteiger partial charge in [-0.2, -0.15) is 11.8 Å². The summed E-state index contributed by atoms with van der Waals surface area (Å²) in [4.78, 5) is 23.3. The number of carboxylic acid groups (broad SMARTS) is 1. The fourth-order valence-electron chi connectivity index (χ4n) is 1.83. The van der Waals surface area contributed by atoms with Crippen molar-refractivity contribution in [1.29, 1.82) is 0 Å². The van der Waals surface area contributed by atoms with Crippen LogP contribution in [0.4, 0.5) is 0 Å². The van der Waals surface area contributed by atoms with Crippen molar-refractivity contribution < 1.29 is 19.1 Å². The first kappa shape index (κ1) is 13.3. The highest BCUT2D eigenvalue weighted by Gasteiger charge is 2.41. The molecule has 1 aromatic heterocycles. The second-order valence-electron chi connectivity index (χ2n) is 4.06. The van der Waals surface area contributed by atoms with Crippen LogP contribution >= 0.6 is 23.4 Å². The molecule has 0 unspecified atom stereocenters. The highest BCUT2D eigenvalue weighted by atomic mass is 35.5. The Morgan fingerprint density at radius 2 is 2.06 bits per heavy atom. The second-order valence-corrected chi connectivity index (χ2v) is 5.65. The monoisotopic (exact) mass is 289 g/mol. The van der Waals surface area contributed by atoms with Crippen molar-refractivity contribution in [2.24, 2.45) is 0 Å². The summed E-state index contributed by atoms with van der Waals surface area (Å²) in [7, 11) is 0. The largest absolute Gasteiger partial charge is 0.480 e. The number of aliphatic carboxylic acids is 1. The van der Waals surface area contributed by atoms with Gasteiger partial charge in [0.2, 0.25) is 0 Å². The van der Waals surface area contributed by atoms with E-state index in [9.17, 15) is 14.7 Å². The minimum absolute atomic E-state index is 0.0267. The maximum Gasteiger partial charge on any atom is 0.329 e. The number of hydrogen-bond donors (Lipinski definition) is 2. The third-order valence-electron chi connectivity index (χ3n) is 2.91. The number of carbonyl (C=O) groups excluding carboxylic acids is 1. The van der Waals surface area contributed by atoms with Crippen LogP contribution in [0, 0.1) is 0 Å². The van der Waals surface area contributed by atoms with Crippen LogP contribution < -0.4 is 5.32 Å². The SMILES string of the molecule is O=C(NC1(C(=O)O)CCSCC1)c1ccc(Cl)o1. The van der Waals surface area contributed by atoms with Gasteiger partial charge in [0.1, 0.15) is 5.54 Å². The Kier molecular flexibility index (Phi) is 3.87. The van der Waals surface area contributed by atoms with Crippen LogP contribution in [-0.2, 0) is 4.79 Å². The molecule has 18 heavy (non-hydrogen) atoms. The molecule has 5 nitrogen and oxygen atoms in total. The van der Waals surface area contributed by atoms with Crippen molar-refractivity contribution in [3.63, 3.8) is 0 Å². The van der Waals surface area contributed by atoms with Gasteiger partial charge in [-0.15, -0.1) is 0 Å². The van der Waals surface area contributed by atoms with Crippen LogP contribution in [-0.4, -0.2) is 34.0 Å². The van der Waals surface area contributed by atoms with Crippen molar-refractivity contribution in [2.75, 3.05) is 11.5 Å². The van der Waals surface area contributed by atoms with E-state index in [-0.39, 0.29) is 11.0 Å². The molecule has 0 bridgehead atoms. The summed E-state index contributed by atoms with van der Waals surface area (Å²) in [5.41, 5.74) is -1.19. The van der Waals surface area contributed by atoms with Crippen LogP contribution in [0.1, 0.15) is 23.4 Å². The lowest BCUT2D eigenvalue weighted by atomic mass is 9.92. The topological polar surface area (TPSA) is 79.5 Å². The number of furan rings is 1. The summed E-state index contributed by atoms with van der Waals surface area (Å²) in [6.45, 7) is 0. The lowest BCUT2D eigenvalue weighted by molar-refractivity contribution is -0.144. The Labute approximate surface area is 113 Å². The normalized spacial score (nSPS) is 18.3. The first-order valence-electron chi connectivity index (χ1n) is 5.42. The summed E-state index contributed by atoms with van der Waals surface area (Å²) in [6.07, 6.45) is 0.820. The first-order valence-corrected chi connectivity index (χ1v) is 6.96. The van der Waals surface area contributed by atoms with Crippen molar-refractivity contribution in [3.05, 3.63) is 23.1 Å². The van der Waals surface area contributed by atoms with Crippen LogP contribution in [0.25, 0.3) is 0 Å². The number of nitrogens with one attached hydrogen (secondary N) is 1. The summed E-state index contributed by atoms with van der Waals surface area (Å²) < 4.78 is 4.97. The van der Waals surface area contributed by atoms with Crippen LogP contribution in [0.15, 0.2) is 16.5 Å². The molecule has 0 radical (unpaired) electrons. The van der Waals surface area contributed by atoms with E-state index in [1.165, 1.54) is 12.1 Å². The molecule has 0 aliphatic carbocycles. The van der Waals surface area contributed by atoms with E-state index in [4.69, 9.17) is 16.0 Å². The molecule has 1 fully saturated rings. The first-order chi connectivity index (χ1) is 8.53. The van der Waals surface area contributed by atoms with Crippen LogP contribution in [0.2, 0.25) is 5.22 Å². The van der Waals surface area contributed by atoms with Gasteiger partial charge in [-0.3, -0.25) is 4.79 Å². The van der Waals surface area contributed by atoms with Gasteiger partial charge in [0.05, 0.1) is 0 Å². The maximum atomic E-state index is 11.9.